The van der Waals surface area contributed by atoms with Crippen molar-refractivity contribution in [1.29, 1.82) is 0 Å². The predicted octanol–water partition coefficient (Wildman–Crippen LogP) is 0.681. The van der Waals surface area contributed by atoms with Crippen molar-refractivity contribution >= 4 is 5.97 Å². The van der Waals surface area contributed by atoms with Gasteiger partial charge in [0.15, 0.2) is 0 Å². The van der Waals surface area contributed by atoms with E-state index in [0.717, 1.165) is 6.42 Å². The highest BCUT2D eigenvalue weighted by Gasteiger charge is 2.42. The minimum Gasteiger partial charge on any atom is -0.479 e. The monoisotopic (exact) mass is 161 g/mol. The first-order valence-electron chi connectivity index (χ1n) is 3.72. The van der Waals surface area contributed by atoms with Crippen LogP contribution in [0.2, 0.25) is 0 Å². The Bertz CT molecular complexity index is 174. The maximum atomic E-state index is 13.3. The van der Waals surface area contributed by atoms with Crippen molar-refractivity contribution in [1.82, 2.24) is 0 Å². The van der Waals surface area contributed by atoms with Crippen molar-refractivity contribution in [2.24, 2.45) is 5.73 Å². The average molecular weight is 161 g/mol. The van der Waals surface area contributed by atoms with Crippen molar-refractivity contribution in [3.8, 4) is 0 Å². The van der Waals surface area contributed by atoms with Crippen LogP contribution in [0.1, 0.15) is 25.7 Å². The number of alkyl halides is 1. The Kier molecular flexibility index (Phi) is 2.13. The minimum absolute atomic E-state index is 0.0394. The zero-order chi connectivity index (χ0) is 8.48. The van der Waals surface area contributed by atoms with Gasteiger partial charge in [-0.3, -0.25) is 0 Å². The first-order chi connectivity index (χ1) is 5.04. The van der Waals surface area contributed by atoms with Crippen LogP contribution in [0, 0.1) is 0 Å². The molecule has 3 N–H and O–H groups in total. The third-order valence-electron chi connectivity index (χ3n) is 2.12. The predicted molar refractivity (Wildman–Crippen MR) is 37.9 cm³/mol. The Morgan fingerprint density at radius 3 is 2.73 bits per heavy atom. The summed E-state index contributed by atoms with van der Waals surface area (Å²) in [5.41, 5.74) is 3.39. The van der Waals surface area contributed by atoms with Gasteiger partial charge in [0.2, 0.25) is 5.67 Å². The highest BCUT2D eigenvalue weighted by atomic mass is 19.1. The molecule has 0 bridgehead atoms. The molecule has 0 spiro atoms. The number of nitrogens with two attached hydrogens (primary N) is 1. The summed E-state index contributed by atoms with van der Waals surface area (Å²) >= 11 is 0. The van der Waals surface area contributed by atoms with Gasteiger partial charge in [-0.15, -0.1) is 0 Å². The van der Waals surface area contributed by atoms with Crippen LogP contribution in [0.15, 0.2) is 0 Å². The zero-order valence-electron chi connectivity index (χ0n) is 6.22. The molecule has 11 heavy (non-hydrogen) atoms. The lowest BCUT2D eigenvalue weighted by Crippen LogP contribution is -2.43. The Morgan fingerprint density at radius 2 is 2.36 bits per heavy atom. The fraction of sp³-hybridized carbons (Fsp3) is 0.857. The van der Waals surface area contributed by atoms with Crippen LogP contribution in [0.5, 0.6) is 0 Å². The molecule has 0 saturated heterocycles. The van der Waals surface area contributed by atoms with Crippen LogP contribution in [0.3, 0.4) is 0 Å². The zero-order valence-corrected chi connectivity index (χ0v) is 6.22. The van der Waals surface area contributed by atoms with Crippen LogP contribution >= 0.6 is 0 Å². The molecule has 0 aromatic carbocycles. The molecule has 4 heteroatoms. The van der Waals surface area contributed by atoms with Crippen molar-refractivity contribution < 1.29 is 14.3 Å². The van der Waals surface area contributed by atoms with E-state index in [1.54, 1.807) is 0 Å². The fourth-order valence-corrected chi connectivity index (χ4v) is 1.46. The Hall–Kier alpha value is -0.640. The molecular weight excluding hydrogens is 149 g/mol. The van der Waals surface area contributed by atoms with E-state index in [9.17, 15) is 9.18 Å². The molecule has 2 atom stereocenters. The molecule has 1 saturated carbocycles. The molecule has 0 aromatic heterocycles. The van der Waals surface area contributed by atoms with Gasteiger partial charge in [-0.25, -0.2) is 9.18 Å². The van der Waals surface area contributed by atoms with Crippen molar-refractivity contribution in [2.45, 2.75) is 37.4 Å². The second kappa shape index (κ2) is 2.77. The molecule has 0 heterocycles. The van der Waals surface area contributed by atoms with E-state index in [0.29, 0.717) is 6.42 Å². The smallest absolute Gasteiger partial charge is 0.341 e. The third kappa shape index (κ3) is 1.68. The molecule has 1 aliphatic rings. The maximum absolute atomic E-state index is 13.3. The highest BCUT2D eigenvalue weighted by molar-refractivity contribution is 5.77. The number of carboxylic acids is 1. The van der Waals surface area contributed by atoms with Crippen molar-refractivity contribution in [2.75, 3.05) is 0 Å². The van der Waals surface area contributed by atoms with E-state index in [4.69, 9.17) is 10.8 Å². The van der Waals surface area contributed by atoms with Crippen LogP contribution < -0.4 is 5.73 Å². The summed E-state index contributed by atoms with van der Waals surface area (Å²) in [4.78, 5) is 10.4. The summed E-state index contributed by atoms with van der Waals surface area (Å²) in [6.07, 6.45) is 1.38. The van der Waals surface area contributed by atoms with Gasteiger partial charge >= 0.3 is 5.97 Å². The van der Waals surface area contributed by atoms with Crippen LogP contribution in [0.25, 0.3) is 0 Å². The first-order valence-corrected chi connectivity index (χ1v) is 3.72. The van der Waals surface area contributed by atoms with Gasteiger partial charge in [0.05, 0.1) is 0 Å². The molecule has 1 rings (SSSR count). The number of hydrogen-bond acceptors (Lipinski definition) is 2. The Labute approximate surface area is 64.4 Å². The maximum Gasteiger partial charge on any atom is 0.341 e. The number of carbonyl (C=O) groups is 1. The number of aliphatic carboxylic acids is 1. The number of carboxylic acid groups (broad SMARTS) is 1. The Balaban J connectivity index is 2.63. The van der Waals surface area contributed by atoms with Gasteiger partial charge in [0.25, 0.3) is 0 Å². The lowest BCUT2D eigenvalue weighted by atomic mass is 9.84. The molecular formula is C7H12FNO2. The second-order valence-electron chi connectivity index (χ2n) is 3.13. The quantitative estimate of drug-likeness (QED) is 0.594. The largest absolute Gasteiger partial charge is 0.479 e. The summed E-state index contributed by atoms with van der Waals surface area (Å²) < 4.78 is 13.3. The third-order valence-corrected chi connectivity index (χ3v) is 2.12. The van der Waals surface area contributed by atoms with Crippen molar-refractivity contribution in [3.63, 3.8) is 0 Å². The summed E-state index contributed by atoms with van der Waals surface area (Å²) in [6.45, 7) is 0. The van der Waals surface area contributed by atoms with E-state index < -0.39 is 11.6 Å². The second-order valence-corrected chi connectivity index (χ2v) is 3.13. The van der Waals surface area contributed by atoms with E-state index in [-0.39, 0.29) is 18.9 Å². The summed E-state index contributed by atoms with van der Waals surface area (Å²) in [6, 6.07) is -0.287. The van der Waals surface area contributed by atoms with Crippen LogP contribution in [0.4, 0.5) is 4.39 Å². The Morgan fingerprint density at radius 1 is 1.73 bits per heavy atom. The van der Waals surface area contributed by atoms with Gasteiger partial charge in [0, 0.05) is 12.5 Å². The standard InChI is InChI=1S/C7H12FNO2/c8-7(6(10)11)3-1-2-5(9)4-7/h5H,1-4,9H2,(H,10,11)/t5-,7+/m1/s1. The normalized spacial score (nSPS) is 38.5. The lowest BCUT2D eigenvalue weighted by molar-refractivity contribution is -0.153. The molecule has 0 aliphatic heterocycles. The molecule has 0 unspecified atom stereocenters. The SMILES string of the molecule is N[C@@H]1CCC[C@@](F)(C(=O)O)C1. The molecule has 1 fully saturated rings. The first kappa shape index (κ1) is 8.46. The molecule has 0 amide bonds. The molecule has 1 aliphatic carbocycles. The van der Waals surface area contributed by atoms with E-state index in [1.807, 2.05) is 0 Å². The molecule has 3 nitrogen and oxygen atoms in total. The average Bonchev–Trinajstić information content (AvgIpc) is 1.86. The van der Waals surface area contributed by atoms with Gasteiger partial charge < -0.3 is 10.8 Å². The fourth-order valence-electron chi connectivity index (χ4n) is 1.46. The highest BCUT2D eigenvalue weighted by Crippen LogP contribution is 2.31. The summed E-state index contributed by atoms with van der Waals surface area (Å²) in [5, 5.41) is 8.48. The number of halogens is 1. The van der Waals surface area contributed by atoms with E-state index in [1.165, 1.54) is 0 Å². The lowest BCUT2D eigenvalue weighted by Gasteiger charge is -2.29. The van der Waals surface area contributed by atoms with Gasteiger partial charge in [0.1, 0.15) is 0 Å². The van der Waals surface area contributed by atoms with Crippen LogP contribution in [-0.4, -0.2) is 22.8 Å². The van der Waals surface area contributed by atoms with Gasteiger partial charge in [-0.1, -0.05) is 0 Å². The number of rotatable bonds is 1. The minimum atomic E-state index is -2.06. The number of hydrogen-bond donors (Lipinski definition) is 2. The van der Waals surface area contributed by atoms with Crippen molar-refractivity contribution in [3.05, 3.63) is 0 Å². The molecule has 0 radical (unpaired) electrons. The van der Waals surface area contributed by atoms with E-state index in [2.05, 4.69) is 0 Å². The van der Waals surface area contributed by atoms with Crippen LogP contribution in [-0.2, 0) is 4.79 Å². The summed E-state index contributed by atoms with van der Waals surface area (Å²) in [5.74, 6) is -1.37. The molecule has 64 valence electrons. The van der Waals surface area contributed by atoms with Gasteiger partial charge in [-0.2, -0.15) is 0 Å². The topological polar surface area (TPSA) is 63.3 Å². The van der Waals surface area contributed by atoms with E-state index >= 15 is 0 Å². The summed E-state index contributed by atoms with van der Waals surface area (Å²) in [7, 11) is 0. The molecule has 0 aromatic rings. The van der Waals surface area contributed by atoms with Gasteiger partial charge in [-0.05, 0) is 19.3 Å².